The lowest BCUT2D eigenvalue weighted by Gasteiger charge is -2.31. The van der Waals surface area contributed by atoms with Crippen molar-refractivity contribution in [2.75, 3.05) is 38.2 Å². The molecule has 2 saturated heterocycles. The third-order valence-corrected chi connectivity index (χ3v) is 4.87. The second kappa shape index (κ2) is 7.59. The van der Waals surface area contributed by atoms with E-state index in [1.165, 1.54) is 19.9 Å². The van der Waals surface area contributed by atoms with Crippen LogP contribution in [0.1, 0.15) is 42.6 Å². The van der Waals surface area contributed by atoms with Crippen LogP contribution in [0.15, 0.2) is 12.4 Å². The fraction of sp³-hybridized carbons (Fsp3) is 0.647. The van der Waals surface area contributed by atoms with Gasteiger partial charge in [-0.1, -0.05) is 0 Å². The summed E-state index contributed by atoms with van der Waals surface area (Å²) in [6.07, 6.45) is 6.33. The first-order chi connectivity index (χ1) is 11.7. The number of methoxy groups -OCH3 is 1. The highest BCUT2D eigenvalue weighted by Crippen LogP contribution is 2.21. The van der Waals surface area contributed by atoms with E-state index < -0.39 is 0 Å². The maximum absolute atomic E-state index is 12.7. The Balaban J connectivity index is 1.64. The number of hydrogen-bond acceptors (Lipinski definition) is 6. The zero-order chi connectivity index (χ0) is 16.9. The molecule has 0 bridgehead atoms. The Morgan fingerprint density at radius 1 is 1.08 bits per heavy atom. The first-order valence-electron chi connectivity index (χ1n) is 8.63. The molecule has 1 amide bonds. The molecule has 0 atom stereocenters. The second-order valence-electron chi connectivity index (χ2n) is 6.40. The number of carbonyl (C=O) groups excluding carboxylic acids is 2. The van der Waals surface area contributed by atoms with Crippen molar-refractivity contribution in [2.24, 2.45) is 5.92 Å². The molecular formula is C17H24N4O3. The molecular weight excluding hydrogens is 308 g/mol. The highest BCUT2D eigenvalue weighted by molar-refractivity contribution is 5.93. The van der Waals surface area contributed by atoms with Gasteiger partial charge in [-0.3, -0.25) is 9.59 Å². The van der Waals surface area contributed by atoms with Gasteiger partial charge in [-0.25, -0.2) is 9.97 Å². The average Bonchev–Trinajstić information content (AvgIpc) is 2.67. The quantitative estimate of drug-likeness (QED) is 0.781. The van der Waals surface area contributed by atoms with Gasteiger partial charge in [0.1, 0.15) is 17.8 Å². The van der Waals surface area contributed by atoms with E-state index in [0.717, 1.165) is 31.7 Å². The molecule has 0 N–H and O–H groups in total. The van der Waals surface area contributed by atoms with Crippen LogP contribution in [0.3, 0.4) is 0 Å². The van der Waals surface area contributed by atoms with E-state index in [4.69, 9.17) is 4.74 Å². The highest BCUT2D eigenvalue weighted by atomic mass is 16.5. The van der Waals surface area contributed by atoms with Crippen LogP contribution in [0, 0.1) is 5.92 Å². The van der Waals surface area contributed by atoms with Crippen LogP contribution in [-0.4, -0.2) is 60.0 Å². The molecule has 1 aromatic heterocycles. The molecule has 0 spiro atoms. The van der Waals surface area contributed by atoms with Gasteiger partial charge in [0.15, 0.2) is 0 Å². The van der Waals surface area contributed by atoms with Crippen LogP contribution in [0.4, 0.5) is 5.82 Å². The van der Waals surface area contributed by atoms with Crippen LogP contribution >= 0.6 is 0 Å². The first-order valence-corrected chi connectivity index (χ1v) is 8.63. The highest BCUT2D eigenvalue weighted by Gasteiger charge is 2.29. The van der Waals surface area contributed by atoms with Gasteiger partial charge < -0.3 is 14.5 Å². The van der Waals surface area contributed by atoms with Gasteiger partial charge in [-0.15, -0.1) is 0 Å². The SMILES string of the molecule is COC(=O)C1CCN(C(=O)c2cc(N3CCCCC3)ncn2)CC1. The van der Waals surface area contributed by atoms with Gasteiger partial charge >= 0.3 is 5.97 Å². The van der Waals surface area contributed by atoms with E-state index in [2.05, 4.69) is 14.9 Å². The molecule has 2 aliphatic rings. The summed E-state index contributed by atoms with van der Waals surface area (Å²) in [5.41, 5.74) is 0.432. The molecule has 0 radical (unpaired) electrons. The van der Waals surface area contributed by atoms with Crippen LogP contribution < -0.4 is 4.90 Å². The summed E-state index contributed by atoms with van der Waals surface area (Å²) < 4.78 is 4.78. The van der Waals surface area contributed by atoms with E-state index in [1.54, 1.807) is 11.0 Å². The number of anilines is 1. The summed E-state index contributed by atoms with van der Waals surface area (Å²) in [6.45, 7) is 3.08. The van der Waals surface area contributed by atoms with Gasteiger partial charge in [-0.05, 0) is 32.1 Å². The number of hydrogen-bond donors (Lipinski definition) is 0. The van der Waals surface area contributed by atoms with E-state index in [1.807, 2.05) is 0 Å². The van der Waals surface area contributed by atoms with Crippen molar-refractivity contribution in [2.45, 2.75) is 32.1 Å². The smallest absolute Gasteiger partial charge is 0.308 e. The molecule has 3 heterocycles. The zero-order valence-electron chi connectivity index (χ0n) is 14.1. The molecule has 0 aromatic carbocycles. The minimum absolute atomic E-state index is 0.0843. The molecule has 130 valence electrons. The van der Waals surface area contributed by atoms with Crippen molar-refractivity contribution in [3.05, 3.63) is 18.1 Å². The lowest BCUT2D eigenvalue weighted by molar-refractivity contribution is -0.146. The number of likely N-dealkylation sites (tertiary alicyclic amines) is 1. The molecule has 0 aliphatic carbocycles. The molecule has 3 rings (SSSR count). The van der Waals surface area contributed by atoms with Crippen molar-refractivity contribution in [3.63, 3.8) is 0 Å². The molecule has 2 aliphatic heterocycles. The predicted octanol–water partition coefficient (Wildman–Crippen LogP) is 1.49. The van der Waals surface area contributed by atoms with E-state index in [-0.39, 0.29) is 17.8 Å². The zero-order valence-corrected chi connectivity index (χ0v) is 14.1. The number of nitrogens with zero attached hydrogens (tertiary/aromatic N) is 4. The maximum atomic E-state index is 12.7. The number of ether oxygens (including phenoxy) is 1. The minimum Gasteiger partial charge on any atom is -0.469 e. The van der Waals surface area contributed by atoms with Crippen LogP contribution in [0.25, 0.3) is 0 Å². The van der Waals surface area contributed by atoms with Crippen molar-refractivity contribution in [3.8, 4) is 0 Å². The van der Waals surface area contributed by atoms with Crippen LogP contribution in [-0.2, 0) is 9.53 Å². The third kappa shape index (κ3) is 3.66. The standard InChI is InChI=1S/C17H24N4O3/c1-24-17(23)13-5-9-21(10-6-13)16(22)14-11-15(19-12-18-14)20-7-3-2-4-8-20/h11-13H,2-10H2,1H3. The summed E-state index contributed by atoms with van der Waals surface area (Å²) in [5, 5.41) is 0. The number of carbonyl (C=O) groups is 2. The summed E-state index contributed by atoms with van der Waals surface area (Å²) >= 11 is 0. The van der Waals surface area contributed by atoms with Crippen molar-refractivity contribution in [1.82, 2.24) is 14.9 Å². The molecule has 0 saturated carbocycles. The number of aromatic nitrogens is 2. The molecule has 7 heteroatoms. The Labute approximate surface area is 142 Å². The molecule has 7 nitrogen and oxygen atoms in total. The average molecular weight is 332 g/mol. The normalized spacial score (nSPS) is 19.2. The lowest BCUT2D eigenvalue weighted by atomic mass is 9.97. The van der Waals surface area contributed by atoms with Gasteiger partial charge in [0, 0.05) is 32.2 Å². The molecule has 2 fully saturated rings. The number of esters is 1. The monoisotopic (exact) mass is 332 g/mol. The fourth-order valence-electron chi connectivity index (χ4n) is 3.41. The number of piperidine rings is 2. The number of rotatable bonds is 3. The lowest BCUT2D eigenvalue weighted by Crippen LogP contribution is -2.41. The fourth-order valence-corrected chi connectivity index (χ4v) is 3.41. The predicted molar refractivity (Wildman–Crippen MR) is 88.7 cm³/mol. The molecule has 24 heavy (non-hydrogen) atoms. The maximum Gasteiger partial charge on any atom is 0.308 e. The summed E-state index contributed by atoms with van der Waals surface area (Å²) in [4.78, 5) is 36.7. The van der Waals surface area contributed by atoms with Crippen molar-refractivity contribution >= 4 is 17.7 Å². The molecule has 1 aromatic rings. The van der Waals surface area contributed by atoms with E-state index in [0.29, 0.717) is 31.6 Å². The topological polar surface area (TPSA) is 75.6 Å². The third-order valence-electron chi connectivity index (χ3n) is 4.87. The van der Waals surface area contributed by atoms with Gasteiger partial charge in [0.2, 0.25) is 0 Å². The van der Waals surface area contributed by atoms with Gasteiger partial charge in [0.25, 0.3) is 5.91 Å². The Kier molecular flexibility index (Phi) is 5.27. The van der Waals surface area contributed by atoms with Gasteiger partial charge in [-0.2, -0.15) is 0 Å². The summed E-state index contributed by atoms with van der Waals surface area (Å²) in [5.74, 6) is 0.460. The van der Waals surface area contributed by atoms with Crippen molar-refractivity contribution < 1.29 is 14.3 Å². The van der Waals surface area contributed by atoms with Crippen LogP contribution in [0.5, 0.6) is 0 Å². The Hall–Kier alpha value is -2.18. The van der Waals surface area contributed by atoms with E-state index >= 15 is 0 Å². The Morgan fingerprint density at radius 2 is 1.79 bits per heavy atom. The Bertz CT molecular complexity index is 593. The summed E-state index contributed by atoms with van der Waals surface area (Å²) in [6, 6.07) is 1.79. The van der Waals surface area contributed by atoms with Crippen LogP contribution in [0.2, 0.25) is 0 Å². The minimum atomic E-state index is -0.184. The number of amides is 1. The molecule has 0 unspecified atom stereocenters. The van der Waals surface area contributed by atoms with Gasteiger partial charge in [0.05, 0.1) is 13.0 Å². The Morgan fingerprint density at radius 3 is 2.46 bits per heavy atom. The van der Waals surface area contributed by atoms with Crippen molar-refractivity contribution in [1.29, 1.82) is 0 Å². The first kappa shape index (κ1) is 16.7. The van der Waals surface area contributed by atoms with E-state index in [9.17, 15) is 9.59 Å². The second-order valence-corrected chi connectivity index (χ2v) is 6.40. The largest absolute Gasteiger partial charge is 0.469 e. The summed E-state index contributed by atoms with van der Waals surface area (Å²) in [7, 11) is 1.41.